The number of nitrogens with zero attached hydrogens (tertiary/aromatic N) is 2. The fourth-order valence-corrected chi connectivity index (χ4v) is 5.37. The largest absolute Gasteiger partial charge is 0.508 e. The van der Waals surface area contributed by atoms with Crippen LogP contribution in [0.3, 0.4) is 0 Å². The van der Waals surface area contributed by atoms with Crippen molar-refractivity contribution >= 4 is 16.9 Å². The number of fused-ring (bicyclic) bond motifs is 5. The summed E-state index contributed by atoms with van der Waals surface area (Å²) < 4.78 is 6.74. The molecule has 0 amide bonds. The lowest BCUT2D eigenvalue weighted by atomic mass is 9.83. The summed E-state index contributed by atoms with van der Waals surface area (Å²) in [6.45, 7) is 1.82. The molecule has 2 aromatic heterocycles. The number of aryl methyl sites for hydroxylation is 1. The van der Waals surface area contributed by atoms with Crippen molar-refractivity contribution in [2.24, 2.45) is 5.73 Å². The van der Waals surface area contributed by atoms with E-state index in [9.17, 15) is 19.8 Å². The number of aromatic nitrogens is 2. The van der Waals surface area contributed by atoms with E-state index in [-0.39, 0.29) is 30.4 Å². The number of pyridine rings is 2. The van der Waals surface area contributed by atoms with Gasteiger partial charge in [0, 0.05) is 28.1 Å². The number of aliphatic hydroxyl groups is 1. The van der Waals surface area contributed by atoms with E-state index >= 15 is 0 Å². The minimum Gasteiger partial charge on any atom is -0.508 e. The number of hydrogen-bond acceptors (Lipinski definition) is 7. The lowest BCUT2D eigenvalue weighted by molar-refractivity contribution is -0.172. The van der Waals surface area contributed by atoms with Crippen LogP contribution in [0.2, 0.25) is 0 Å². The van der Waals surface area contributed by atoms with Crippen LogP contribution in [0.25, 0.3) is 22.3 Å². The SMILES string of the molecule is CC[C@@]1(O)C(=O)OCc2c1cc1n(c2=O)Cc2c-1nc1ccc(O)c3c1c2[C@@H](N)CC3. The molecule has 0 saturated heterocycles. The zero-order valence-electron chi connectivity index (χ0n) is 16.9. The van der Waals surface area contributed by atoms with Crippen LogP contribution in [-0.2, 0) is 34.7 Å². The van der Waals surface area contributed by atoms with Crippen LogP contribution in [0.15, 0.2) is 23.0 Å². The molecule has 0 spiro atoms. The van der Waals surface area contributed by atoms with E-state index in [1.807, 2.05) is 0 Å². The van der Waals surface area contributed by atoms with Gasteiger partial charge in [-0.15, -0.1) is 0 Å². The number of cyclic esters (lactones) is 1. The van der Waals surface area contributed by atoms with Crippen LogP contribution in [0.4, 0.5) is 0 Å². The van der Waals surface area contributed by atoms with Gasteiger partial charge in [0.15, 0.2) is 5.60 Å². The first kappa shape index (κ1) is 18.5. The molecule has 4 heterocycles. The van der Waals surface area contributed by atoms with Crippen molar-refractivity contribution in [3.8, 4) is 17.1 Å². The standard InChI is InChI=1S/C23H21N3O5/c1-2-23(30)13-7-16-20-11(8-26(16)21(28)12(13)9-31-22(23)29)18-14(24)4-3-10-17(27)6-5-15(25-20)19(10)18/h5-7,14,27,30H,2-4,8-9,24H2,1H3/t14-,23-/m0/s1. The Morgan fingerprint density at radius 2 is 2.10 bits per heavy atom. The summed E-state index contributed by atoms with van der Waals surface area (Å²) in [5.74, 6) is -0.511. The number of hydrogen-bond donors (Lipinski definition) is 3. The molecule has 6 rings (SSSR count). The van der Waals surface area contributed by atoms with E-state index in [4.69, 9.17) is 15.5 Å². The number of phenolic OH excluding ortho intramolecular Hbond substituents is 1. The first-order chi connectivity index (χ1) is 14.8. The molecule has 3 aromatic rings. The quantitative estimate of drug-likeness (QED) is 0.401. The Balaban J connectivity index is 1.69. The highest BCUT2D eigenvalue weighted by Gasteiger charge is 2.45. The van der Waals surface area contributed by atoms with Gasteiger partial charge in [-0.3, -0.25) is 4.79 Å². The van der Waals surface area contributed by atoms with Crippen LogP contribution in [-0.4, -0.2) is 25.7 Å². The van der Waals surface area contributed by atoms with Gasteiger partial charge in [-0.2, -0.15) is 0 Å². The number of esters is 1. The number of nitrogens with two attached hydrogens (primary N) is 1. The third kappa shape index (κ3) is 2.18. The van der Waals surface area contributed by atoms with Crippen LogP contribution < -0.4 is 11.3 Å². The molecule has 2 aliphatic heterocycles. The summed E-state index contributed by atoms with van der Waals surface area (Å²) in [4.78, 5) is 30.5. The molecule has 8 nitrogen and oxygen atoms in total. The van der Waals surface area contributed by atoms with Crippen molar-refractivity contribution in [1.29, 1.82) is 0 Å². The Hall–Kier alpha value is -3.23. The maximum absolute atomic E-state index is 13.4. The second kappa shape index (κ2) is 5.93. The van der Waals surface area contributed by atoms with Gasteiger partial charge in [0.2, 0.25) is 0 Å². The third-order valence-electron chi connectivity index (χ3n) is 7.06. The highest BCUT2D eigenvalue weighted by molar-refractivity contribution is 5.93. The molecule has 3 aliphatic rings. The lowest BCUT2D eigenvalue weighted by Gasteiger charge is -2.31. The second-order valence-electron chi connectivity index (χ2n) is 8.56. The van der Waals surface area contributed by atoms with Crippen LogP contribution in [0, 0.1) is 0 Å². The first-order valence-electron chi connectivity index (χ1n) is 10.4. The lowest BCUT2D eigenvalue weighted by Crippen LogP contribution is -2.44. The van der Waals surface area contributed by atoms with Gasteiger partial charge >= 0.3 is 5.97 Å². The highest BCUT2D eigenvalue weighted by Crippen LogP contribution is 2.45. The van der Waals surface area contributed by atoms with Crippen LogP contribution >= 0.6 is 0 Å². The van der Waals surface area contributed by atoms with E-state index in [2.05, 4.69) is 0 Å². The smallest absolute Gasteiger partial charge is 0.343 e. The van der Waals surface area contributed by atoms with E-state index in [1.54, 1.807) is 29.7 Å². The maximum Gasteiger partial charge on any atom is 0.343 e. The van der Waals surface area contributed by atoms with Crippen molar-refractivity contribution in [3.63, 3.8) is 0 Å². The van der Waals surface area contributed by atoms with Crippen molar-refractivity contribution in [2.75, 3.05) is 0 Å². The summed E-state index contributed by atoms with van der Waals surface area (Å²) in [5.41, 5.74) is 9.45. The molecule has 0 saturated carbocycles. The van der Waals surface area contributed by atoms with Crippen molar-refractivity contribution in [3.05, 3.63) is 56.4 Å². The number of rotatable bonds is 1. The molecule has 0 fully saturated rings. The Morgan fingerprint density at radius 1 is 1.29 bits per heavy atom. The predicted octanol–water partition coefficient (Wildman–Crippen LogP) is 1.73. The molecular formula is C23H21N3O5. The second-order valence-corrected chi connectivity index (χ2v) is 8.56. The van der Waals surface area contributed by atoms with E-state index in [0.717, 1.165) is 22.1 Å². The summed E-state index contributed by atoms with van der Waals surface area (Å²) in [6, 6.07) is 4.87. The van der Waals surface area contributed by atoms with Crippen molar-refractivity contribution in [2.45, 2.75) is 51.0 Å². The molecule has 0 radical (unpaired) electrons. The average Bonchev–Trinajstić information content (AvgIpc) is 3.13. The van der Waals surface area contributed by atoms with E-state index in [1.165, 1.54) is 0 Å². The molecule has 1 aromatic carbocycles. The number of aromatic hydroxyl groups is 1. The average molecular weight is 419 g/mol. The summed E-state index contributed by atoms with van der Waals surface area (Å²) in [6.07, 6.45) is 1.45. The summed E-state index contributed by atoms with van der Waals surface area (Å²) in [7, 11) is 0. The molecule has 158 valence electrons. The maximum atomic E-state index is 13.4. The number of phenols is 1. The fraction of sp³-hybridized carbons (Fsp3) is 0.348. The Labute approximate surface area is 176 Å². The predicted molar refractivity (Wildman–Crippen MR) is 111 cm³/mol. The van der Waals surface area contributed by atoms with Gasteiger partial charge in [0.25, 0.3) is 5.56 Å². The summed E-state index contributed by atoms with van der Waals surface area (Å²) in [5, 5.41) is 22.2. The van der Waals surface area contributed by atoms with Crippen LogP contribution in [0.5, 0.6) is 5.75 Å². The number of carbonyl (C=O) groups excluding carboxylic acids is 1. The Bertz CT molecular complexity index is 1390. The van der Waals surface area contributed by atoms with Gasteiger partial charge in [-0.05, 0) is 43.0 Å². The van der Waals surface area contributed by atoms with Gasteiger partial charge in [0.05, 0.1) is 29.0 Å². The monoisotopic (exact) mass is 419 g/mol. The normalized spacial score (nSPS) is 23.3. The van der Waals surface area contributed by atoms with Crippen molar-refractivity contribution in [1.82, 2.24) is 9.55 Å². The Morgan fingerprint density at radius 3 is 2.87 bits per heavy atom. The van der Waals surface area contributed by atoms with Crippen LogP contribution in [0.1, 0.15) is 53.6 Å². The van der Waals surface area contributed by atoms with Crippen molar-refractivity contribution < 1.29 is 19.7 Å². The van der Waals surface area contributed by atoms with E-state index < -0.39 is 11.6 Å². The highest BCUT2D eigenvalue weighted by atomic mass is 16.6. The van der Waals surface area contributed by atoms with E-state index in [0.29, 0.717) is 47.4 Å². The summed E-state index contributed by atoms with van der Waals surface area (Å²) >= 11 is 0. The molecule has 0 bridgehead atoms. The molecule has 0 unspecified atom stereocenters. The minimum absolute atomic E-state index is 0.0957. The third-order valence-corrected chi connectivity index (χ3v) is 7.06. The minimum atomic E-state index is -1.86. The van der Waals surface area contributed by atoms with Gasteiger partial charge in [-0.25, -0.2) is 9.78 Å². The van der Waals surface area contributed by atoms with Gasteiger partial charge < -0.3 is 25.3 Å². The molecule has 2 atom stereocenters. The fourth-order valence-electron chi connectivity index (χ4n) is 5.37. The number of carbonyl (C=O) groups is 1. The number of ether oxygens (including phenoxy) is 1. The topological polar surface area (TPSA) is 128 Å². The number of benzene rings is 1. The van der Waals surface area contributed by atoms with Gasteiger partial charge in [0.1, 0.15) is 12.4 Å². The molecule has 8 heteroatoms. The first-order valence-corrected chi connectivity index (χ1v) is 10.4. The molecule has 31 heavy (non-hydrogen) atoms. The molecule has 1 aliphatic carbocycles. The zero-order chi connectivity index (χ0) is 21.7. The molecule has 4 N–H and O–H groups in total. The molecular weight excluding hydrogens is 398 g/mol. The van der Waals surface area contributed by atoms with Gasteiger partial charge in [-0.1, -0.05) is 6.92 Å². The zero-order valence-corrected chi connectivity index (χ0v) is 16.9. The Kier molecular flexibility index (Phi) is 3.54.